The van der Waals surface area contributed by atoms with Gasteiger partial charge in [0, 0.05) is 31.5 Å². The predicted molar refractivity (Wildman–Crippen MR) is 95.8 cm³/mol. The highest BCUT2D eigenvalue weighted by Gasteiger charge is 2.50. The van der Waals surface area contributed by atoms with Gasteiger partial charge >= 0.3 is 0 Å². The van der Waals surface area contributed by atoms with Gasteiger partial charge in [-0.1, -0.05) is 30.3 Å². The minimum absolute atomic E-state index is 0.0871. The van der Waals surface area contributed by atoms with E-state index in [9.17, 15) is 4.79 Å². The minimum atomic E-state index is -0.0871. The number of benzene rings is 1. The molecule has 2 fully saturated rings. The molecule has 1 amide bonds. The molecule has 1 aromatic carbocycles. The largest absolute Gasteiger partial charge is 0.301 e. The molecule has 1 saturated heterocycles. The fourth-order valence-corrected chi connectivity index (χ4v) is 4.07. The molecule has 2 aliphatic heterocycles. The van der Waals surface area contributed by atoms with Crippen LogP contribution in [0.5, 0.6) is 0 Å². The molecule has 0 radical (unpaired) electrons. The third-order valence-electron chi connectivity index (χ3n) is 5.87. The Bertz CT molecular complexity index is 640. The fourth-order valence-electron chi connectivity index (χ4n) is 4.07. The van der Waals surface area contributed by atoms with Crippen molar-refractivity contribution >= 4 is 11.6 Å². The Kier molecular flexibility index (Phi) is 3.95. The van der Waals surface area contributed by atoms with Gasteiger partial charge in [0.25, 0.3) is 0 Å². The van der Waals surface area contributed by atoms with E-state index in [0.29, 0.717) is 6.04 Å². The van der Waals surface area contributed by atoms with Crippen molar-refractivity contribution in [2.24, 2.45) is 11.0 Å². The fraction of sp³-hybridized carbons (Fsp3) is 0.600. The van der Waals surface area contributed by atoms with Crippen LogP contribution in [-0.2, 0) is 4.79 Å². The van der Waals surface area contributed by atoms with Crippen LogP contribution in [-0.4, -0.2) is 46.2 Å². The van der Waals surface area contributed by atoms with E-state index in [1.54, 1.807) is 0 Å². The summed E-state index contributed by atoms with van der Waals surface area (Å²) in [5, 5.41) is 6.76. The second-order valence-corrected chi connectivity index (χ2v) is 7.87. The maximum absolute atomic E-state index is 12.9. The topological polar surface area (TPSA) is 35.9 Å². The molecule has 0 bridgehead atoms. The average molecular weight is 325 g/mol. The Morgan fingerprint density at radius 2 is 1.83 bits per heavy atom. The van der Waals surface area contributed by atoms with Crippen molar-refractivity contribution in [3.05, 3.63) is 35.9 Å². The summed E-state index contributed by atoms with van der Waals surface area (Å²) in [5.41, 5.74) is 2.16. The highest BCUT2D eigenvalue weighted by atomic mass is 16.2. The van der Waals surface area contributed by atoms with E-state index in [4.69, 9.17) is 5.10 Å². The van der Waals surface area contributed by atoms with Crippen molar-refractivity contribution in [1.29, 1.82) is 0 Å². The first kappa shape index (κ1) is 15.8. The summed E-state index contributed by atoms with van der Waals surface area (Å²) in [7, 11) is 0. The van der Waals surface area contributed by atoms with Gasteiger partial charge in [0.1, 0.15) is 0 Å². The van der Waals surface area contributed by atoms with E-state index in [2.05, 4.69) is 43.0 Å². The Balaban J connectivity index is 1.60. The van der Waals surface area contributed by atoms with Crippen molar-refractivity contribution < 1.29 is 4.79 Å². The van der Waals surface area contributed by atoms with E-state index in [1.165, 1.54) is 0 Å². The number of hydrazone groups is 1. The molecular weight excluding hydrogens is 298 g/mol. The van der Waals surface area contributed by atoms with Crippen LogP contribution in [0.25, 0.3) is 0 Å². The van der Waals surface area contributed by atoms with E-state index < -0.39 is 0 Å². The van der Waals surface area contributed by atoms with Crippen LogP contribution in [0, 0.1) is 5.92 Å². The first-order chi connectivity index (χ1) is 11.6. The average Bonchev–Trinajstić information content (AvgIpc) is 3.39. The lowest BCUT2D eigenvalue weighted by Gasteiger charge is -2.44. The highest BCUT2D eigenvalue weighted by molar-refractivity contribution is 6.03. The zero-order valence-corrected chi connectivity index (χ0v) is 14.7. The SMILES string of the molecule is CC(C)N1CCC2(CC1)CC(c1ccccc1)=NN2C(=O)C1CC1. The van der Waals surface area contributed by atoms with Crippen molar-refractivity contribution in [3.63, 3.8) is 0 Å². The van der Waals surface area contributed by atoms with E-state index in [0.717, 1.165) is 56.5 Å². The Labute approximate surface area is 144 Å². The summed E-state index contributed by atoms with van der Waals surface area (Å²) in [6.45, 7) is 6.63. The second-order valence-electron chi connectivity index (χ2n) is 7.87. The maximum Gasteiger partial charge on any atom is 0.246 e. The number of amides is 1. The molecule has 24 heavy (non-hydrogen) atoms. The Morgan fingerprint density at radius 1 is 1.17 bits per heavy atom. The molecule has 0 atom stereocenters. The van der Waals surface area contributed by atoms with Crippen molar-refractivity contribution in [2.75, 3.05) is 13.1 Å². The van der Waals surface area contributed by atoms with Crippen LogP contribution in [0.3, 0.4) is 0 Å². The van der Waals surface area contributed by atoms with E-state index in [1.807, 2.05) is 11.1 Å². The number of hydrogen-bond donors (Lipinski definition) is 0. The van der Waals surface area contributed by atoms with Crippen molar-refractivity contribution in [2.45, 2.75) is 57.5 Å². The summed E-state index contributed by atoms with van der Waals surface area (Å²) < 4.78 is 0. The third kappa shape index (κ3) is 2.77. The Morgan fingerprint density at radius 3 is 2.42 bits per heavy atom. The summed E-state index contributed by atoms with van der Waals surface area (Å²) in [6.07, 6.45) is 5.05. The number of likely N-dealkylation sites (tertiary alicyclic amines) is 1. The molecule has 0 unspecified atom stereocenters. The zero-order chi connectivity index (χ0) is 16.7. The van der Waals surface area contributed by atoms with Crippen LogP contribution >= 0.6 is 0 Å². The van der Waals surface area contributed by atoms with Crippen LogP contribution in [0.1, 0.15) is 51.5 Å². The molecule has 4 rings (SSSR count). The molecular formula is C20H27N3O. The molecule has 4 heteroatoms. The first-order valence-electron chi connectivity index (χ1n) is 9.30. The van der Waals surface area contributed by atoms with Gasteiger partial charge in [-0.15, -0.1) is 0 Å². The zero-order valence-electron chi connectivity index (χ0n) is 14.7. The minimum Gasteiger partial charge on any atom is -0.301 e. The molecule has 1 spiro atoms. The van der Waals surface area contributed by atoms with Gasteiger partial charge in [0.05, 0.1) is 11.3 Å². The molecule has 0 aromatic heterocycles. The molecule has 0 N–H and O–H groups in total. The lowest BCUT2D eigenvalue weighted by Crippen LogP contribution is -2.54. The molecule has 4 nitrogen and oxygen atoms in total. The van der Waals surface area contributed by atoms with Crippen LogP contribution < -0.4 is 0 Å². The molecule has 1 aromatic rings. The first-order valence-corrected chi connectivity index (χ1v) is 9.30. The Hall–Kier alpha value is -1.68. The van der Waals surface area contributed by atoms with Crippen molar-refractivity contribution in [1.82, 2.24) is 9.91 Å². The number of carbonyl (C=O) groups excluding carboxylic acids is 1. The van der Waals surface area contributed by atoms with Gasteiger partial charge in [0.2, 0.25) is 5.91 Å². The van der Waals surface area contributed by atoms with Gasteiger partial charge in [-0.2, -0.15) is 5.10 Å². The summed E-state index contributed by atoms with van der Waals surface area (Å²) >= 11 is 0. The van der Waals surface area contributed by atoms with Gasteiger partial charge in [0.15, 0.2) is 0 Å². The third-order valence-corrected chi connectivity index (χ3v) is 5.87. The number of piperidine rings is 1. The summed E-state index contributed by atoms with van der Waals surface area (Å²) in [6, 6.07) is 10.9. The standard InChI is InChI=1S/C20H27N3O/c1-15(2)22-12-10-20(11-13-22)14-18(16-6-4-3-5-7-16)21-23(20)19(24)17-8-9-17/h3-7,15,17H,8-14H2,1-2H3. The van der Waals surface area contributed by atoms with Gasteiger partial charge in [-0.25, -0.2) is 5.01 Å². The molecule has 3 aliphatic rings. The molecule has 1 aliphatic carbocycles. The normalized spacial score (nSPS) is 23.8. The molecule has 1 saturated carbocycles. The van der Waals surface area contributed by atoms with Crippen LogP contribution in [0.4, 0.5) is 0 Å². The van der Waals surface area contributed by atoms with Crippen molar-refractivity contribution in [3.8, 4) is 0 Å². The van der Waals surface area contributed by atoms with E-state index in [-0.39, 0.29) is 17.4 Å². The molecule has 2 heterocycles. The van der Waals surface area contributed by atoms with Crippen LogP contribution in [0.15, 0.2) is 35.4 Å². The van der Waals surface area contributed by atoms with Gasteiger partial charge < -0.3 is 4.90 Å². The second kappa shape index (κ2) is 5.99. The quantitative estimate of drug-likeness (QED) is 0.855. The number of rotatable bonds is 3. The predicted octanol–water partition coefficient (Wildman–Crippen LogP) is 3.28. The lowest BCUT2D eigenvalue weighted by atomic mass is 9.81. The van der Waals surface area contributed by atoms with Crippen LogP contribution in [0.2, 0.25) is 0 Å². The monoisotopic (exact) mass is 325 g/mol. The number of hydrogen-bond acceptors (Lipinski definition) is 3. The highest BCUT2D eigenvalue weighted by Crippen LogP contribution is 2.43. The van der Waals surface area contributed by atoms with E-state index >= 15 is 0 Å². The smallest absolute Gasteiger partial charge is 0.246 e. The molecule has 128 valence electrons. The lowest BCUT2D eigenvalue weighted by molar-refractivity contribution is -0.140. The van der Waals surface area contributed by atoms with Gasteiger partial charge in [-0.3, -0.25) is 4.79 Å². The maximum atomic E-state index is 12.9. The summed E-state index contributed by atoms with van der Waals surface area (Å²) in [5.74, 6) is 0.489. The summed E-state index contributed by atoms with van der Waals surface area (Å²) in [4.78, 5) is 15.4. The van der Waals surface area contributed by atoms with Gasteiger partial charge in [-0.05, 0) is 45.1 Å². The number of nitrogens with zero attached hydrogens (tertiary/aromatic N) is 3. The number of carbonyl (C=O) groups is 1.